The predicted octanol–water partition coefficient (Wildman–Crippen LogP) is 2.01. The number of nitrogens with zero attached hydrogens (tertiary/aromatic N) is 1. The first-order valence-corrected chi connectivity index (χ1v) is 9.38. The van der Waals surface area contributed by atoms with Gasteiger partial charge in [-0.1, -0.05) is 30.3 Å². The summed E-state index contributed by atoms with van der Waals surface area (Å²) >= 11 is 0. The molecule has 0 aliphatic carbocycles. The quantitative estimate of drug-likeness (QED) is 0.736. The summed E-state index contributed by atoms with van der Waals surface area (Å²) in [6, 6.07) is 12.7. The Morgan fingerprint density at radius 2 is 1.86 bits per heavy atom. The molecule has 1 N–H and O–H groups in total. The van der Waals surface area contributed by atoms with Gasteiger partial charge in [0.15, 0.2) is 5.43 Å². The molecule has 0 unspecified atom stereocenters. The Kier molecular flexibility index (Phi) is 4.73. The van der Waals surface area contributed by atoms with Gasteiger partial charge in [-0.3, -0.25) is 9.59 Å². The third-order valence-corrected chi connectivity index (χ3v) is 5.12. The minimum atomic E-state index is -0.523. The second kappa shape index (κ2) is 7.20. The number of carbonyl (C=O) groups is 1. The monoisotopic (exact) mass is 381 g/mol. The Bertz CT molecular complexity index is 1090. The minimum absolute atomic E-state index is 0.0650. The molecule has 2 aromatic carbocycles. The van der Waals surface area contributed by atoms with Crippen molar-refractivity contribution < 1.29 is 18.5 Å². The fraction of sp³-hybridized carbons (Fsp3) is 0.273. The van der Waals surface area contributed by atoms with Crippen LogP contribution in [0, 0.1) is 5.82 Å². The third kappa shape index (κ3) is 3.10. The Balaban J connectivity index is 1.88. The lowest BCUT2D eigenvalue weighted by atomic mass is 9.98. The molecule has 0 spiro atoms. The van der Waals surface area contributed by atoms with Gasteiger partial charge in [0.05, 0.1) is 37.6 Å². The summed E-state index contributed by atoms with van der Waals surface area (Å²) in [5.74, 6) is -0.734. The molecule has 0 saturated heterocycles. The Labute approximate surface area is 162 Å². The maximum absolute atomic E-state index is 13.7. The molecule has 1 aliphatic rings. The van der Waals surface area contributed by atoms with Crippen LogP contribution in [-0.4, -0.2) is 38.0 Å². The largest absolute Gasteiger partial charge is 0.450 e. The van der Waals surface area contributed by atoms with Crippen LogP contribution in [0.25, 0.3) is 11.0 Å². The van der Waals surface area contributed by atoms with E-state index in [1.807, 2.05) is 30.3 Å². The molecule has 4 rings (SSSR count). The van der Waals surface area contributed by atoms with E-state index in [0.29, 0.717) is 12.1 Å². The van der Waals surface area contributed by atoms with Crippen molar-refractivity contribution in [1.82, 2.24) is 4.90 Å². The summed E-state index contributed by atoms with van der Waals surface area (Å²) in [5.41, 5.74) is 1.02. The maximum atomic E-state index is 13.7. The van der Waals surface area contributed by atoms with E-state index in [9.17, 15) is 14.0 Å². The SMILES string of the molecule is C[NH+](C)CCCN1C(=O)c2oc3ccc(F)cc3c(=O)c2[C@H]1c1ccccc1. The lowest BCUT2D eigenvalue weighted by Gasteiger charge is -2.25. The first-order chi connectivity index (χ1) is 13.5. The van der Waals surface area contributed by atoms with Gasteiger partial charge in [0.2, 0.25) is 5.76 Å². The summed E-state index contributed by atoms with van der Waals surface area (Å²) in [7, 11) is 4.11. The smallest absolute Gasteiger partial charge is 0.290 e. The van der Waals surface area contributed by atoms with Crippen LogP contribution in [0.15, 0.2) is 57.7 Å². The maximum Gasteiger partial charge on any atom is 0.290 e. The normalized spacial score (nSPS) is 16.2. The molecular weight excluding hydrogens is 359 g/mol. The van der Waals surface area contributed by atoms with Crippen molar-refractivity contribution in [3.05, 3.63) is 81.5 Å². The molecular formula is C22H22FN2O3+. The van der Waals surface area contributed by atoms with Crippen molar-refractivity contribution >= 4 is 16.9 Å². The van der Waals surface area contributed by atoms with Crippen LogP contribution in [0.5, 0.6) is 0 Å². The number of amides is 1. The molecule has 0 bridgehead atoms. The van der Waals surface area contributed by atoms with Crippen molar-refractivity contribution in [2.75, 3.05) is 27.2 Å². The summed E-state index contributed by atoms with van der Waals surface area (Å²) < 4.78 is 19.5. The van der Waals surface area contributed by atoms with Crippen molar-refractivity contribution in [3.63, 3.8) is 0 Å². The number of rotatable bonds is 5. The Hall–Kier alpha value is -2.99. The molecule has 1 aliphatic heterocycles. The van der Waals surface area contributed by atoms with Gasteiger partial charge >= 0.3 is 0 Å². The van der Waals surface area contributed by atoms with Crippen molar-refractivity contribution in [2.24, 2.45) is 0 Å². The van der Waals surface area contributed by atoms with Crippen LogP contribution >= 0.6 is 0 Å². The molecule has 3 aromatic rings. The average molecular weight is 381 g/mol. The first-order valence-electron chi connectivity index (χ1n) is 9.38. The van der Waals surface area contributed by atoms with E-state index in [1.165, 1.54) is 23.1 Å². The number of nitrogens with one attached hydrogen (secondary N) is 1. The molecule has 5 nitrogen and oxygen atoms in total. The molecule has 0 radical (unpaired) electrons. The van der Waals surface area contributed by atoms with E-state index in [0.717, 1.165) is 18.5 Å². The van der Waals surface area contributed by atoms with Crippen LogP contribution in [0.3, 0.4) is 0 Å². The van der Waals surface area contributed by atoms with Crippen molar-refractivity contribution in [2.45, 2.75) is 12.5 Å². The van der Waals surface area contributed by atoms with Gasteiger partial charge < -0.3 is 14.2 Å². The molecule has 0 saturated carbocycles. The molecule has 6 heteroatoms. The highest BCUT2D eigenvalue weighted by molar-refractivity contribution is 5.99. The molecule has 1 aromatic heterocycles. The van der Waals surface area contributed by atoms with Crippen molar-refractivity contribution in [3.8, 4) is 0 Å². The molecule has 0 fully saturated rings. The molecule has 144 valence electrons. The number of quaternary nitrogens is 1. The number of hydrogen-bond acceptors (Lipinski definition) is 3. The topological polar surface area (TPSA) is 55.0 Å². The summed E-state index contributed by atoms with van der Waals surface area (Å²) in [6.07, 6.45) is 0.799. The molecule has 2 heterocycles. The van der Waals surface area contributed by atoms with Crippen molar-refractivity contribution in [1.29, 1.82) is 0 Å². The van der Waals surface area contributed by atoms with Crippen LogP contribution in [0.1, 0.15) is 34.1 Å². The highest BCUT2D eigenvalue weighted by atomic mass is 19.1. The van der Waals surface area contributed by atoms with E-state index in [1.54, 1.807) is 4.90 Å². The van der Waals surface area contributed by atoms with E-state index >= 15 is 0 Å². The standard InChI is InChI=1S/C22H21FN2O3/c1-24(2)11-6-12-25-19(14-7-4-3-5-8-14)18-20(26)16-13-15(23)9-10-17(16)28-21(18)22(25)27/h3-5,7-10,13,19H,6,11-12H2,1-2H3/p+1/t19-/m1/s1. The van der Waals surface area contributed by atoms with Crippen LogP contribution in [-0.2, 0) is 0 Å². The predicted molar refractivity (Wildman–Crippen MR) is 104 cm³/mol. The van der Waals surface area contributed by atoms with Gasteiger partial charge in [-0.05, 0) is 23.8 Å². The number of carbonyl (C=O) groups excluding carboxylic acids is 1. The van der Waals surface area contributed by atoms with Gasteiger partial charge in [-0.25, -0.2) is 4.39 Å². The zero-order valence-corrected chi connectivity index (χ0v) is 15.9. The molecule has 28 heavy (non-hydrogen) atoms. The molecule has 1 amide bonds. The minimum Gasteiger partial charge on any atom is -0.450 e. The summed E-state index contributed by atoms with van der Waals surface area (Å²) in [5, 5.41) is 0.159. The lowest BCUT2D eigenvalue weighted by molar-refractivity contribution is -0.858. The fourth-order valence-corrected chi connectivity index (χ4v) is 3.81. The van der Waals surface area contributed by atoms with Gasteiger partial charge in [-0.2, -0.15) is 0 Å². The van der Waals surface area contributed by atoms with Gasteiger partial charge in [0, 0.05) is 13.0 Å². The summed E-state index contributed by atoms with van der Waals surface area (Å²) in [4.78, 5) is 29.3. The van der Waals surface area contributed by atoms with E-state index in [4.69, 9.17) is 4.42 Å². The number of fused-ring (bicyclic) bond motifs is 2. The molecule has 1 atom stereocenters. The van der Waals surface area contributed by atoms with Crippen LogP contribution in [0.4, 0.5) is 4.39 Å². The van der Waals surface area contributed by atoms with Crippen LogP contribution in [0.2, 0.25) is 0 Å². The number of halogens is 1. The second-order valence-corrected chi connectivity index (χ2v) is 7.44. The first kappa shape index (κ1) is 18.4. The second-order valence-electron chi connectivity index (χ2n) is 7.44. The highest BCUT2D eigenvalue weighted by Gasteiger charge is 2.42. The Morgan fingerprint density at radius 1 is 1.11 bits per heavy atom. The number of hydrogen-bond donors (Lipinski definition) is 1. The van der Waals surface area contributed by atoms with E-state index in [-0.39, 0.29) is 28.1 Å². The third-order valence-electron chi connectivity index (χ3n) is 5.12. The Morgan fingerprint density at radius 3 is 2.57 bits per heavy atom. The zero-order valence-electron chi connectivity index (χ0n) is 15.9. The van der Waals surface area contributed by atoms with E-state index in [2.05, 4.69) is 14.1 Å². The average Bonchev–Trinajstić information content (AvgIpc) is 2.95. The lowest BCUT2D eigenvalue weighted by Crippen LogP contribution is -3.05. The number of benzene rings is 2. The van der Waals surface area contributed by atoms with Gasteiger partial charge in [0.1, 0.15) is 11.4 Å². The fourth-order valence-electron chi connectivity index (χ4n) is 3.81. The zero-order chi connectivity index (χ0) is 19.8. The highest BCUT2D eigenvalue weighted by Crippen LogP contribution is 2.38. The van der Waals surface area contributed by atoms with E-state index < -0.39 is 11.9 Å². The summed E-state index contributed by atoms with van der Waals surface area (Å²) in [6.45, 7) is 1.41. The van der Waals surface area contributed by atoms with Crippen LogP contribution < -0.4 is 10.3 Å². The van der Waals surface area contributed by atoms with Gasteiger partial charge in [-0.15, -0.1) is 0 Å². The van der Waals surface area contributed by atoms with Gasteiger partial charge in [0.25, 0.3) is 5.91 Å².